The first-order chi connectivity index (χ1) is 12.7. The van der Waals surface area contributed by atoms with Crippen LogP contribution in [0, 0.1) is 0 Å². The third-order valence-electron chi connectivity index (χ3n) is 6.89. The smallest absolute Gasteiger partial charge is 0.321 e. The van der Waals surface area contributed by atoms with Crippen molar-refractivity contribution in [2.75, 3.05) is 0 Å². The average molecular weight is 356 g/mol. The zero-order chi connectivity index (χ0) is 17.7. The number of piperidine rings is 2. The highest BCUT2D eigenvalue weighted by Gasteiger charge is 2.50. The van der Waals surface area contributed by atoms with Gasteiger partial charge in [-0.05, 0) is 50.7 Å². The quantitative estimate of drug-likeness (QED) is 0.886. The molecule has 5 nitrogen and oxygen atoms in total. The summed E-state index contributed by atoms with van der Waals surface area (Å²) in [4.78, 5) is 17.7. The number of carbonyl (C=O) groups is 1. The summed E-state index contributed by atoms with van der Waals surface area (Å²) in [5, 5.41) is 10.0. The normalized spacial score (nSPS) is 38.5. The topological polar surface area (TPSA) is 53.0 Å². The van der Waals surface area contributed by atoms with Crippen LogP contribution in [0.25, 0.3) is 0 Å². The second-order valence-electron chi connectivity index (χ2n) is 8.52. The molecule has 4 bridgehead atoms. The molecular weight excluding hydrogens is 328 g/mol. The molecule has 4 saturated heterocycles. The Morgan fingerprint density at radius 3 is 1.88 bits per heavy atom. The Kier molecular flexibility index (Phi) is 4.07. The van der Waals surface area contributed by atoms with Crippen LogP contribution in [0.3, 0.4) is 0 Å². The molecule has 4 heterocycles. The van der Waals surface area contributed by atoms with E-state index in [0.29, 0.717) is 12.1 Å². The highest BCUT2D eigenvalue weighted by molar-refractivity contribution is 5.77. The number of amides is 2. The van der Waals surface area contributed by atoms with Crippen LogP contribution in [0.15, 0.2) is 30.3 Å². The van der Waals surface area contributed by atoms with Crippen molar-refractivity contribution in [3.05, 3.63) is 30.3 Å². The summed E-state index contributed by atoms with van der Waals surface area (Å²) >= 11 is 0. The summed E-state index contributed by atoms with van der Waals surface area (Å²) < 4.78 is 6.19. The SMILES string of the molecule is O=C(N1[C@@H]2CC[C@H]1C[C@@H](O)C2)N1[C@@H]2CC[C@H]1C[C@@H](Oc1ccccc1)C2. The predicted octanol–water partition coefficient (Wildman–Crippen LogP) is 3.17. The third kappa shape index (κ3) is 2.77. The molecule has 1 N–H and O–H groups in total. The van der Waals surface area contributed by atoms with E-state index in [2.05, 4.69) is 9.80 Å². The van der Waals surface area contributed by atoms with Crippen LogP contribution in [0.1, 0.15) is 51.4 Å². The molecule has 140 valence electrons. The maximum atomic E-state index is 13.4. The number of fused-ring (bicyclic) bond motifs is 4. The Bertz CT molecular complexity index is 638. The minimum absolute atomic E-state index is 0.207. The van der Waals surface area contributed by atoms with E-state index >= 15 is 0 Å². The van der Waals surface area contributed by atoms with E-state index in [1.165, 1.54) is 0 Å². The molecule has 4 aliphatic heterocycles. The largest absolute Gasteiger partial charge is 0.490 e. The fraction of sp³-hybridized carbons (Fsp3) is 0.667. The maximum Gasteiger partial charge on any atom is 0.321 e. The molecule has 6 atom stereocenters. The molecule has 26 heavy (non-hydrogen) atoms. The number of ether oxygens (including phenoxy) is 1. The van der Waals surface area contributed by atoms with E-state index in [1.54, 1.807) is 0 Å². The van der Waals surface area contributed by atoms with E-state index in [4.69, 9.17) is 4.74 Å². The lowest BCUT2D eigenvalue weighted by atomic mass is 9.98. The number of urea groups is 1. The first-order valence-electron chi connectivity index (χ1n) is 10.2. The molecule has 0 radical (unpaired) electrons. The number of benzene rings is 1. The Hall–Kier alpha value is -1.75. The summed E-state index contributed by atoms with van der Waals surface area (Å²) in [6.07, 6.45) is 7.65. The number of para-hydroxylation sites is 1. The molecule has 1 aromatic carbocycles. The number of rotatable bonds is 2. The van der Waals surface area contributed by atoms with Gasteiger partial charge in [-0.1, -0.05) is 18.2 Å². The van der Waals surface area contributed by atoms with Crippen LogP contribution in [0.4, 0.5) is 4.79 Å². The first-order valence-corrected chi connectivity index (χ1v) is 10.2. The average Bonchev–Trinajstić information content (AvgIpc) is 3.06. The fourth-order valence-corrected chi connectivity index (χ4v) is 5.82. The van der Waals surface area contributed by atoms with Crippen LogP contribution < -0.4 is 4.74 Å². The van der Waals surface area contributed by atoms with Gasteiger partial charge in [-0.3, -0.25) is 0 Å². The molecule has 1 aromatic rings. The van der Waals surface area contributed by atoms with Gasteiger partial charge < -0.3 is 19.6 Å². The van der Waals surface area contributed by atoms with Gasteiger partial charge in [0.1, 0.15) is 11.9 Å². The van der Waals surface area contributed by atoms with Gasteiger partial charge in [-0.2, -0.15) is 0 Å². The van der Waals surface area contributed by atoms with Crippen LogP contribution in [-0.2, 0) is 0 Å². The Morgan fingerprint density at radius 1 is 0.846 bits per heavy atom. The zero-order valence-corrected chi connectivity index (χ0v) is 15.2. The van der Waals surface area contributed by atoms with Gasteiger partial charge in [-0.15, -0.1) is 0 Å². The lowest BCUT2D eigenvalue weighted by molar-refractivity contribution is 0.0188. The number of hydrogen-bond donors (Lipinski definition) is 1. The van der Waals surface area contributed by atoms with Crippen LogP contribution in [-0.4, -0.2) is 57.3 Å². The molecule has 0 aromatic heterocycles. The Balaban J connectivity index is 1.28. The molecular formula is C21H28N2O3. The van der Waals surface area contributed by atoms with Gasteiger partial charge in [0.05, 0.1) is 6.10 Å². The molecule has 0 saturated carbocycles. The monoisotopic (exact) mass is 356 g/mol. The molecule has 0 aliphatic carbocycles. The molecule has 4 fully saturated rings. The molecule has 4 aliphatic rings. The maximum absolute atomic E-state index is 13.4. The van der Waals surface area contributed by atoms with E-state index in [0.717, 1.165) is 57.1 Å². The summed E-state index contributed by atoms with van der Waals surface area (Å²) in [5.74, 6) is 0.930. The van der Waals surface area contributed by atoms with Gasteiger partial charge in [0.2, 0.25) is 0 Å². The van der Waals surface area contributed by atoms with Crippen molar-refractivity contribution in [2.45, 2.75) is 87.7 Å². The highest BCUT2D eigenvalue weighted by Crippen LogP contribution is 2.42. The summed E-state index contributed by atoms with van der Waals surface area (Å²) in [6.45, 7) is 0. The first kappa shape index (κ1) is 16.4. The summed E-state index contributed by atoms with van der Waals surface area (Å²) in [6, 6.07) is 11.4. The zero-order valence-electron chi connectivity index (χ0n) is 15.2. The van der Waals surface area contributed by atoms with Gasteiger partial charge in [-0.25, -0.2) is 4.79 Å². The number of carbonyl (C=O) groups excluding carboxylic acids is 1. The van der Waals surface area contributed by atoms with Gasteiger partial charge in [0.25, 0.3) is 0 Å². The van der Waals surface area contributed by atoms with Crippen molar-refractivity contribution in [1.29, 1.82) is 0 Å². The van der Waals surface area contributed by atoms with E-state index in [9.17, 15) is 9.90 Å². The van der Waals surface area contributed by atoms with Crippen molar-refractivity contribution in [1.82, 2.24) is 9.80 Å². The fourth-order valence-electron chi connectivity index (χ4n) is 5.82. The minimum Gasteiger partial charge on any atom is -0.490 e. The van der Waals surface area contributed by atoms with Crippen LogP contribution >= 0.6 is 0 Å². The predicted molar refractivity (Wildman–Crippen MR) is 98.0 cm³/mol. The van der Waals surface area contributed by atoms with Crippen molar-refractivity contribution in [2.24, 2.45) is 0 Å². The Morgan fingerprint density at radius 2 is 1.35 bits per heavy atom. The molecule has 5 rings (SSSR count). The number of nitrogens with zero attached hydrogens (tertiary/aromatic N) is 2. The molecule has 0 spiro atoms. The lowest BCUT2D eigenvalue weighted by Crippen LogP contribution is -2.58. The van der Waals surface area contributed by atoms with Crippen molar-refractivity contribution in [3.8, 4) is 5.75 Å². The minimum atomic E-state index is -0.224. The lowest BCUT2D eigenvalue weighted by Gasteiger charge is -2.45. The molecule has 5 heteroatoms. The summed E-state index contributed by atoms with van der Waals surface area (Å²) in [5.41, 5.74) is 0. The van der Waals surface area contributed by atoms with Gasteiger partial charge in [0, 0.05) is 37.0 Å². The third-order valence-corrected chi connectivity index (χ3v) is 6.89. The van der Waals surface area contributed by atoms with Gasteiger partial charge >= 0.3 is 6.03 Å². The highest BCUT2D eigenvalue weighted by atomic mass is 16.5. The van der Waals surface area contributed by atoms with Gasteiger partial charge in [0.15, 0.2) is 0 Å². The standard InChI is InChI=1S/C21H28N2O3/c24-18-10-14-6-7-15(11-18)22(14)21(25)23-16-8-9-17(23)13-20(12-16)26-19-4-2-1-3-5-19/h1-5,14-18,20,24H,6-13H2/t14-,15+,16-,17+,18+,20+. The molecule has 2 amide bonds. The van der Waals surface area contributed by atoms with E-state index in [1.807, 2.05) is 30.3 Å². The second-order valence-corrected chi connectivity index (χ2v) is 8.52. The van der Waals surface area contributed by atoms with E-state index in [-0.39, 0.29) is 30.3 Å². The van der Waals surface area contributed by atoms with Crippen LogP contribution in [0.2, 0.25) is 0 Å². The van der Waals surface area contributed by atoms with Crippen molar-refractivity contribution in [3.63, 3.8) is 0 Å². The van der Waals surface area contributed by atoms with Crippen molar-refractivity contribution >= 4 is 6.03 Å². The number of aliphatic hydroxyl groups is 1. The summed E-state index contributed by atoms with van der Waals surface area (Å²) in [7, 11) is 0. The van der Waals surface area contributed by atoms with Crippen LogP contribution in [0.5, 0.6) is 5.75 Å². The number of hydrogen-bond acceptors (Lipinski definition) is 3. The second kappa shape index (κ2) is 6.45. The van der Waals surface area contributed by atoms with Crippen molar-refractivity contribution < 1.29 is 14.6 Å². The molecule has 0 unspecified atom stereocenters. The number of aliphatic hydroxyl groups excluding tert-OH is 1. The Labute approximate surface area is 154 Å². The van der Waals surface area contributed by atoms with E-state index < -0.39 is 0 Å².